The maximum Gasteiger partial charge on any atom is 0.117 e. The van der Waals surface area contributed by atoms with Crippen molar-refractivity contribution >= 4 is 21.4 Å². The van der Waals surface area contributed by atoms with E-state index in [9.17, 15) is 15.6 Å². The maximum absolute atomic E-state index is 9.60. The molecule has 4 nitrogen and oxygen atoms in total. The van der Waals surface area contributed by atoms with Crippen LogP contribution in [0, 0.1) is 22.7 Å². The number of aromatic hydroxyl groups is 1. The standard InChI is InChI=1S/C17H13N3OS/c1-9-13(6-18)17(14(7-19)10(2)20-9)15-8-22-16-5-11(21)3-4-12(15)16/h3-5,8,17,20-21H,1-2H3. The highest BCUT2D eigenvalue weighted by Gasteiger charge is 2.31. The highest BCUT2D eigenvalue weighted by molar-refractivity contribution is 7.17. The van der Waals surface area contributed by atoms with Gasteiger partial charge in [0, 0.05) is 16.1 Å². The van der Waals surface area contributed by atoms with Gasteiger partial charge in [0.25, 0.3) is 0 Å². The fourth-order valence-corrected chi connectivity index (χ4v) is 3.88. The van der Waals surface area contributed by atoms with Crippen LogP contribution in [0.3, 0.4) is 0 Å². The minimum atomic E-state index is -0.352. The van der Waals surface area contributed by atoms with Gasteiger partial charge in [-0.1, -0.05) is 0 Å². The number of fused-ring (bicyclic) bond motifs is 1. The molecule has 1 aliphatic rings. The molecule has 1 aliphatic heterocycles. The molecule has 108 valence electrons. The van der Waals surface area contributed by atoms with Gasteiger partial charge in [-0.3, -0.25) is 0 Å². The predicted octanol–water partition coefficient (Wildman–Crippen LogP) is 3.89. The molecule has 0 saturated carbocycles. The summed E-state index contributed by atoms with van der Waals surface area (Å²) in [5.74, 6) is -0.139. The molecule has 0 radical (unpaired) electrons. The van der Waals surface area contributed by atoms with Gasteiger partial charge < -0.3 is 10.4 Å². The van der Waals surface area contributed by atoms with E-state index in [1.54, 1.807) is 12.1 Å². The van der Waals surface area contributed by atoms with E-state index < -0.39 is 0 Å². The molecule has 0 atom stereocenters. The third-order valence-electron chi connectivity index (χ3n) is 3.90. The Labute approximate surface area is 132 Å². The molecule has 0 amide bonds. The van der Waals surface area contributed by atoms with Crippen LogP contribution in [0.2, 0.25) is 0 Å². The summed E-state index contributed by atoms with van der Waals surface area (Å²) in [5, 5.41) is 34.7. The number of nitriles is 2. The van der Waals surface area contributed by atoms with Crippen LogP contribution in [0.5, 0.6) is 5.75 Å². The van der Waals surface area contributed by atoms with Crippen LogP contribution < -0.4 is 5.32 Å². The third kappa shape index (κ3) is 2.04. The van der Waals surface area contributed by atoms with Crippen LogP contribution in [-0.2, 0) is 0 Å². The minimum absolute atomic E-state index is 0.214. The number of allylic oxidation sites excluding steroid dienone is 4. The Kier molecular flexibility index (Phi) is 3.36. The van der Waals surface area contributed by atoms with Crippen LogP contribution in [0.25, 0.3) is 10.1 Å². The molecule has 0 bridgehead atoms. The number of dihydropyridines is 1. The van der Waals surface area contributed by atoms with E-state index in [4.69, 9.17) is 0 Å². The lowest BCUT2D eigenvalue weighted by Crippen LogP contribution is -2.23. The summed E-state index contributed by atoms with van der Waals surface area (Å²) in [5.41, 5.74) is 3.63. The molecule has 3 rings (SSSR count). The van der Waals surface area contributed by atoms with E-state index in [0.29, 0.717) is 11.1 Å². The summed E-state index contributed by atoms with van der Waals surface area (Å²) in [7, 11) is 0. The first-order valence-corrected chi connectivity index (χ1v) is 7.63. The quantitative estimate of drug-likeness (QED) is 0.837. The van der Waals surface area contributed by atoms with Crippen LogP contribution in [-0.4, -0.2) is 5.11 Å². The van der Waals surface area contributed by atoms with Gasteiger partial charge in [-0.25, -0.2) is 0 Å². The molecule has 0 fully saturated rings. The molecular formula is C17H13N3OS. The van der Waals surface area contributed by atoms with Gasteiger partial charge in [-0.05, 0) is 48.4 Å². The lowest BCUT2D eigenvalue weighted by molar-refractivity contribution is 0.476. The van der Waals surface area contributed by atoms with Gasteiger partial charge in [0.2, 0.25) is 0 Å². The molecule has 0 aliphatic carbocycles. The van der Waals surface area contributed by atoms with E-state index in [1.165, 1.54) is 11.3 Å². The minimum Gasteiger partial charge on any atom is -0.508 e. The van der Waals surface area contributed by atoms with Crippen molar-refractivity contribution in [1.82, 2.24) is 5.32 Å². The molecule has 0 spiro atoms. The van der Waals surface area contributed by atoms with Crippen LogP contribution in [0.15, 0.2) is 46.1 Å². The number of thiophene rings is 1. The summed E-state index contributed by atoms with van der Waals surface area (Å²) >= 11 is 1.50. The average Bonchev–Trinajstić information content (AvgIpc) is 2.89. The second-order valence-corrected chi connectivity index (χ2v) is 6.14. The van der Waals surface area contributed by atoms with Crippen molar-refractivity contribution in [1.29, 1.82) is 10.5 Å². The Hall–Kier alpha value is -2.76. The molecule has 0 unspecified atom stereocenters. The van der Waals surface area contributed by atoms with Gasteiger partial charge in [0.15, 0.2) is 0 Å². The fraction of sp³-hybridized carbons (Fsp3) is 0.176. The maximum atomic E-state index is 9.60. The van der Waals surface area contributed by atoms with Crippen molar-refractivity contribution in [3.8, 4) is 17.9 Å². The highest BCUT2D eigenvalue weighted by atomic mass is 32.1. The zero-order valence-electron chi connectivity index (χ0n) is 12.1. The number of hydrogen-bond acceptors (Lipinski definition) is 5. The zero-order valence-corrected chi connectivity index (χ0v) is 13.0. The monoisotopic (exact) mass is 307 g/mol. The van der Waals surface area contributed by atoms with E-state index in [0.717, 1.165) is 27.0 Å². The number of nitrogens with zero attached hydrogens (tertiary/aromatic N) is 2. The topological polar surface area (TPSA) is 79.8 Å². The van der Waals surface area contributed by atoms with Gasteiger partial charge in [-0.15, -0.1) is 11.3 Å². The summed E-state index contributed by atoms with van der Waals surface area (Å²) in [4.78, 5) is 0. The molecule has 2 N–H and O–H groups in total. The number of phenolic OH excluding ortho intramolecular Hbond substituents is 1. The normalized spacial score (nSPS) is 15.6. The van der Waals surface area contributed by atoms with E-state index in [-0.39, 0.29) is 11.7 Å². The SMILES string of the molecule is CC1=C(C#N)C(c2csc3cc(O)ccc23)C(C#N)=C(C)N1. The van der Waals surface area contributed by atoms with E-state index >= 15 is 0 Å². The molecular weight excluding hydrogens is 294 g/mol. The van der Waals surface area contributed by atoms with Crippen LogP contribution in [0.1, 0.15) is 25.3 Å². The Bertz CT molecular complexity index is 886. The van der Waals surface area contributed by atoms with Crippen molar-refractivity contribution in [2.75, 3.05) is 0 Å². The average molecular weight is 307 g/mol. The summed E-state index contributed by atoms with van der Waals surface area (Å²) in [6.07, 6.45) is 0. The Morgan fingerprint density at radius 3 is 2.36 bits per heavy atom. The molecule has 1 aromatic heterocycles. The van der Waals surface area contributed by atoms with Crippen LogP contribution in [0.4, 0.5) is 0 Å². The first kappa shape index (κ1) is 14.2. The largest absolute Gasteiger partial charge is 0.508 e. The number of phenols is 1. The molecule has 2 aromatic rings. The molecule has 22 heavy (non-hydrogen) atoms. The summed E-state index contributed by atoms with van der Waals surface area (Å²) < 4.78 is 0.943. The molecule has 5 heteroatoms. The third-order valence-corrected chi connectivity index (χ3v) is 4.86. The first-order chi connectivity index (χ1) is 10.6. The van der Waals surface area contributed by atoms with Gasteiger partial charge in [0.05, 0.1) is 29.2 Å². The number of nitrogens with one attached hydrogen (secondary N) is 1. The Morgan fingerprint density at radius 2 is 1.77 bits per heavy atom. The number of hydrogen-bond donors (Lipinski definition) is 2. The summed E-state index contributed by atoms with van der Waals surface area (Å²) in [6.45, 7) is 3.70. The summed E-state index contributed by atoms with van der Waals surface area (Å²) in [6, 6.07) is 9.65. The first-order valence-electron chi connectivity index (χ1n) is 6.75. The van der Waals surface area contributed by atoms with Crippen molar-refractivity contribution in [3.05, 3.63) is 51.7 Å². The predicted molar refractivity (Wildman–Crippen MR) is 86.0 cm³/mol. The van der Waals surface area contributed by atoms with E-state index in [1.807, 2.05) is 25.3 Å². The van der Waals surface area contributed by atoms with E-state index in [2.05, 4.69) is 17.5 Å². The second kappa shape index (κ2) is 5.22. The van der Waals surface area contributed by atoms with Gasteiger partial charge >= 0.3 is 0 Å². The Morgan fingerprint density at radius 1 is 1.14 bits per heavy atom. The smallest absolute Gasteiger partial charge is 0.117 e. The van der Waals surface area contributed by atoms with Crippen molar-refractivity contribution < 1.29 is 5.11 Å². The number of benzene rings is 1. The van der Waals surface area contributed by atoms with Crippen LogP contribution >= 0.6 is 11.3 Å². The fourth-order valence-electron chi connectivity index (χ4n) is 2.86. The molecule has 1 aromatic carbocycles. The number of rotatable bonds is 1. The lowest BCUT2D eigenvalue weighted by atomic mass is 9.81. The molecule has 0 saturated heterocycles. The van der Waals surface area contributed by atoms with Gasteiger partial charge in [0.1, 0.15) is 5.75 Å². The zero-order chi connectivity index (χ0) is 15.9. The van der Waals surface area contributed by atoms with Crippen molar-refractivity contribution in [3.63, 3.8) is 0 Å². The highest BCUT2D eigenvalue weighted by Crippen LogP contribution is 2.42. The van der Waals surface area contributed by atoms with Gasteiger partial charge in [-0.2, -0.15) is 10.5 Å². The van der Waals surface area contributed by atoms with Crippen molar-refractivity contribution in [2.45, 2.75) is 19.8 Å². The second-order valence-electron chi connectivity index (χ2n) is 5.23. The van der Waals surface area contributed by atoms with Crippen molar-refractivity contribution in [2.24, 2.45) is 0 Å². The Balaban J connectivity index is 2.28. The lowest BCUT2D eigenvalue weighted by Gasteiger charge is -2.25. The molecule has 2 heterocycles.